The van der Waals surface area contributed by atoms with E-state index in [1.54, 1.807) is 36.4 Å². The Labute approximate surface area is 189 Å². The Bertz CT molecular complexity index is 1240. The van der Waals surface area contributed by atoms with E-state index in [0.717, 1.165) is 5.56 Å². The van der Waals surface area contributed by atoms with Gasteiger partial charge in [-0.3, -0.25) is 19.9 Å². The number of benzene rings is 2. The molecule has 0 aliphatic heterocycles. The number of anilines is 1. The van der Waals surface area contributed by atoms with Crippen LogP contribution in [0.25, 0.3) is 0 Å². The SMILES string of the molecule is CC(O)(c1c[nH]nn1)[C@H](NC(=O)c1ccc(C#CC#Cc2ccc(N)cc2)cc1)C(=O)NO. The van der Waals surface area contributed by atoms with Crippen molar-refractivity contribution >= 4 is 17.5 Å². The van der Waals surface area contributed by atoms with E-state index in [9.17, 15) is 14.7 Å². The lowest BCUT2D eigenvalue weighted by molar-refractivity contribution is -0.138. The number of rotatable bonds is 5. The molecule has 2 amide bonds. The van der Waals surface area contributed by atoms with Crippen LogP contribution in [0.2, 0.25) is 0 Å². The second-order valence-corrected chi connectivity index (χ2v) is 7.09. The smallest absolute Gasteiger partial charge is 0.269 e. The van der Waals surface area contributed by atoms with E-state index in [0.29, 0.717) is 11.3 Å². The maximum absolute atomic E-state index is 12.6. The fourth-order valence-electron chi connectivity index (χ4n) is 2.82. The first-order chi connectivity index (χ1) is 15.8. The van der Waals surface area contributed by atoms with E-state index in [1.807, 2.05) is 0 Å². The number of hydrogen-bond donors (Lipinski definition) is 6. The van der Waals surface area contributed by atoms with Crippen LogP contribution >= 0.6 is 0 Å². The zero-order valence-corrected chi connectivity index (χ0v) is 17.5. The van der Waals surface area contributed by atoms with Crippen molar-refractivity contribution in [2.24, 2.45) is 0 Å². The van der Waals surface area contributed by atoms with E-state index in [1.165, 1.54) is 30.7 Å². The van der Waals surface area contributed by atoms with Gasteiger partial charge in [-0.2, -0.15) is 0 Å². The highest BCUT2D eigenvalue weighted by atomic mass is 16.5. The van der Waals surface area contributed by atoms with Crippen molar-refractivity contribution in [3.63, 3.8) is 0 Å². The molecule has 3 aromatic rings. The predicted octanol–water partition coefficient (Wildman–Crippen LogP) is 0.302. The number of carbonyl (C=O) groups is 2. The summed E-state index contributed by atoms with van der Waals surface area (Å²) in [4.78, 5) is 24.8. The zero-order chi connectivity index (χ0) is 23.8. The molecule has 1 unspecified atom stereocenters. The molecule has 0 spiro atoms. The third-order valence-electron chi connectivity index (χ3n) is 4.68. The van der Waals surface area contributed by atoms with Gasteiger partial charge in [0, 0.05) is 28.6 Å². The minimum atomic E-state index is -1.95. The summed E-state index contributed by atoms with van der Waals surface area (Å²) in [5.74, 6) is 9.55. The topological polar surface area (TPSA) is 166 Å². The molecule has 0 bridgehead atoms. The van der Waals surface area contributed by atoms with E-state index < -0.39 is 23.5 Å². The fraction of sp³-hybridized carbons (Fsp3) is 0.130. The fourth-order valence-corrected chi connectivity index (χ4v) is 2.82. The van der Waals surface area contributed by atoms with E-state index in [4.69, 9.17) is 10.9 Å². The quantitative estimate of drug-likeness (QED) is 0.142. The largest absolute Gasteiger partial charge is 0.399 e. The Hall–Kier alpha value is -4.64. The first-order valence-electron chi connectivity index (χ1n) is 9.63. The molecule has 33 heavy (non-hydrogen) atoms. The second kappa shape index (κ2) is 10.1. The summed E-state index contributed by atoms with van der Waals surface area (Å²) in [6.45, 7) is 1.26. The summed E-state index contributed by atoms with van der Waals surface area (Å²) >= 11 is 0. The third-order valence-corrected chi connectivity index (χ3v) is 4.68. The molecule has 0 aliphatic carbocycles. The van der Waals surface area contributed by atoms with Gasteiger partial charge in [-0.25, -0.2) is 5.48 Å². The van der Waals surface area contributed by atoms with Crippen LogP contribution in [0.4, 0.5) is 5.69 Å². The van der Waals surface area contributed by atoms with Crippen LogP contribution in [0.15, 0.2) is 54.7 Å². The monoisotopic (exact) mass is 444 g/mol. The summed E-state index contributed by atoms with van der Waals surface area (Å²) in [5.41, 5.74) is 7.38. The van der Waals surface area contributed by atoms with Crippen LogP contribution in [0.1, 0.15) is 34.1 Å². The maximum Gasteiger partial charge on any atom is 0.269 e. The lowest BCUT2D eigenvalue weighted by atomic mass is 9.92. The molecule has 0 saturated carbocycles. The number of amides is 2. The Kier molecular flexibility index (Phi) is 7.06. The van der Waals surface area contributed by atoms with Gasteiger partial charge in [0.25, 0.3) is 11.8 Å². The molecular weight excluding hydrogens is 424 g/mol. The number of nitrogen functional groups attached to an aromatic ring is 1. The molecule has 0 saturated heterocycles. The van der Waals surface area contributed by atoms with Crippen molar-refractivity contribution in [3.8, 4) is 23.7 Å². The number of aliphatic hydroxyl groups is 1. The van der Waals surface area contributed by atoms with Gasteiger partial charge in [-0.1, -0.05) is 17.1 Å². The molecule has 3 rings (SSSR count). The van der Waals surface area contributed by atoms with Crippen molar-refractivity contribution in [1.29, 1.82) is 0 Å². The molecule has 1 heterocycles. The van der Waals surface area contributed by atoms with E-state index in [2.05, 4.69) is 44.4 Å². The summed E-state index contributed by atoms with van der Waals surface area (Å²) in [7, 11) is 0. The average Bonchev–Trinajstić information content (AvgIpc) is 3.37. The van der Waals surface area contributed by atoms with Crippen LogP contribution in [0.5, 0.6) is 0 Å². The van der Waals surface area contributed by atoms with Crippen molar-refractivity contribution in [2.75, 3.05) is 5.73 Å². The van der Waals surface area contributed by atoms with Gasteiger partial charge >= 0.3 is 0 Å². The zero-order valence-electron chi connectivity index (χ0n) is 17.5. The summed E-state index contributed by atoms with van der Waals surface area (Å²) in [6.07, 6.45) is 1.27. The standard InChI is InChI=1S/C23H20N6O4/c1-23(32,19-14-25-29-27-19)20(22(31)28-33)26-21(30)17-10-6-15(7-11-17)4-2-3-5-16-8-12-18(24)13-9-16/h6-14,20,32-33H,24H2,1H3,(H,26,30)(H,28,31)(H,25,27,29)/t20-,23?/m1/s1. The van der Waals surface area contributed by atoms with Crippen LogP contribution in [-0.2, 0) is 10.4 Å². The van der Waals surface area contributed by atoms with Gasteiger partial charge in [0.1, 0.15) is 17.3 Å². The third kappa shape index (κ3) is 5.74. The van der Waals surface area contributed by atoms with Gasteiger partial charge in [-0.15, -0.1) is 5.10 Å². The van der Waals surface area contributed by atoms with Gasteiger partial charge in [-0.05, 0) is 67.3 Å². The van der Waals surface area contributed by atoms with Gasteiger partial charge in [0.2, 0.25) is 0 Å². The Morgan fingerprint density at radius 3 is 2.15 bits per heavy atom. The van der Waals surface area contributed by atoms with Gasteiger partial charge in [0.15, 0.2) is 0 Å². The van der Waals surface area contributed by atoms with Crippen LogP contribution in [0, 0.1) is 23.7 Å². The summed E-state index contributed by atoms with van der Waals surface area (Å²) in [6, 6.07) is 11.8. The minimum Gasteiger partial charge on any atom is -0.399 e. The van der Waals surface area contributed by atoms with E-state index in [-0.39, 0.29) is 11.3 Å². The van der Waals surface area contributed by atoms with Crippen molar-refractivity contribution in [2.45, 2.75) is 18.6 Å². The van der Waals surface area contributed by atoms with Gasteiger partial charge < -0.3 is 16.2 Å². The number of carbonyl (C=O) groups excluding carboxylic acids is 2. The number of H-pyrrole nitrogens is 1. The number of nitrogens with one attached hydrogen (secondary N) is 3. The molecule has 1 aromatic heterocycles. The van der Waals surface area contributed by atoms with Gasteiger partial charge in [0.05, 0.1) is 0 Å². The number of aromatic nitrogens is 3. The van der Waals surface area contributed by atoms with Crippen LogP contribution in [-0.4, -0.2) is 43.6 Å². The molecule has 0 aliphatic rings. The summed E-state index contributed by atoms with van der Waals surface area (Å²) < 4.78 is 0. The molecule has 166 valence electrons. The average molecular weight is 444 g/mol. The number of hydrogen-bond acceptors (Lipinski definition) is 7. The Morgan fingerprint density at radius 1 is 1.06 bits per heavy atom. The number of nitrogens with zero attached hydrogens (tertiary/aromatic N) is 2. The Morgan fingerprint density at radius 2 is 1.64 bits per heavy atom. The highest BCUT2D eigenvalue weighted by Crippen LogP contribution is 2.22. The highest BCUT2D eigenvalue weighted by Gasteiger charge is 2.42. The molecule has 0 fully saturated rings. The lowest BCUT2D eigenvalue weighted by Crippen LogP contribution is -2.57. The second-order valence-electron chi connectivity index (χ2n) is 7.09. The van der Waals surface area contributed by atoms with E-state index >= 15 is 0 Å². The molecule has 2 aromatic carbocycles. The van der Waals surface area contributed by atoms with Crippen LogP contribution in [0.3, 0.4) is 0 Å². The van der Waals surface area contributed by atoms with Crippen molar-refractivity contribution in [3.05, 3.63) is 77.1 Å². The molecular formula is C23H20N6O4. The number of aromatic amines is 1. The molecule has 10 nitrogen and oxygen atoms in total. The maximum atomic E-state index is 12.6. The minimum absolute atomic E-state index is 0.00195. The summed E-state index contributed by atoms with van der Waals surface area (Å²) in [5, 5.41) is 31.8. The normalized spacial score (nSPS) is 12.7. The molecule has 10 heteroatoms. The molecule has 2 atom stereocenters. The van der Waals surface area contributed by atoms with Crippen molar-refractivity contribution < 1.29 is 19.9 Å². The number of nitrogens with two attached hydrogens (primary N) is 1. The first kappa shape index (κ1) is 23.0. The predicted molar refractivity (Wildman–Crippen MR) is 118 cm³/mol. The molecule has 0 radical (unpaired) electrons. The first-order valence-corrected chi connectivity index (χ1v) is 9.63. The van der Waals surface area contributed by atoms with Crippen LogP contribution < -0.4 is 16.5 Å². The highest BCUT2D eigenvalue weighted by molar-refractivity contribution is 5.97. The Balaban J connectivity index is 1.70. The lowest BCUT2D eigenvalue weighted by Gasteiger charge is -2.29. The van der Waals surface area contributed by atoms with Crippen molar-refractivity contribution in [1.82, 2.24) is 26.2 Å². The molecule has 7 N–H and O–H groups in total. The number of hydroxylamine groups is 1.